The molecular formula is C20H22N4O3S. The van der Waals surface area contributed by atoms with Gasteiger partial charge in [-0.3, -0.25) is 4.72 Å². The minimum absolute atomic E-state index is 0.137. The Morgan fingerprint density at radius 1 is 0.893 bits per heavy atom. The van der Waals surface area contributed by atoms with Crippen LogP contribution in [-0.2, 0) is 10.0 Å². The van der Waals surface area contributed by atoms with Crippen LogP contribution in [0.3, 0.4) is 0 Å². The molecule has 0 amide bonds. The summed E-state index contributed by atoms with van der Waals surface area (Å²) >= 11 is 0. The second-order valence-electron chi connectivity index (χ2n) is 6.28. The molecule has 0 radical (unpaired) electrons. The van der Waals surface area contributed by atoms with Crippen LogP contribution in [0.5, 0.6) is 5.75 Å². The smallest absolute Gasteiger partial charge is 0.263 e. The van der Waals surface area contributed by atoms with Gasteiger partial charge in [0.05, 0.1) is 23.9 Å². The van der Waals surface area contributed by atoms with E-state index in [1.807, 2.05) is 43.3 Å². The van der Waals surface area contributed by atoms with Crippen molar-refractivity contribution < 1.29 is 13.2 Å². The Bertz CT molecular complexity index is 1020. The fourth-order valence-corrected chi connectivity index (χ4v) is 3.50. The van der Waals surface area contributed by atoms with Gasteiger partial charge in [0.25, 0.3) is 10.0 Å². The van der Waals surface area contributed by atoms with E-state index in [4.69, 9.17) is 4.74 Å². The molecule has 28 heavy (non-hydrogen) atoms. The zero-order valence-electron chi connectivity index (χ0n) is 15.9. The fraction of sp³-hybridized carbons (Fsp3) is 0.150. The number of nitrogens with zero attached hydrogens (tertiary/aromatic N) is 2. The molecule has 0 saturated heterocycles. The van der Waals surface area contributed by atoms with E-state index in [9.17, 15) is 8.42 Å². The average Bonchev–Trinajstić information content (AvgIpc) is 2.70. The molecule has 2 N–H and O–H groups in total. The van der Waals surface area contributed by atoms with Crippen LogP contribution in [0.4, 0.5) is 22.9 Å². The van der Waals surface area contributed by atoms with E-state index in [0.29, 0.717) is 5.75 Å². The average molecular weight is 398 g/mol. The van der Waals surface area contributed by atoms with Crippen molar-refractivity contribution >= 4 is 32.9 Å². The van der Waals surface area contributed by atoms with Crippen LogP contribution >= 0.6 is 0 Å². The van der Waals surface area contributed by atoms with Gasteiger partial charge in [0.15, 0.2) is 0 Å². The number of methoxy groups -OCH3 is 1. The summed E-state index contributed by atoms with van der Waals surface area (Å²) < 4.78 is 32.4. The van der Waals surface area contributed by atoms with Crippen molar-refractivity contribution in [3.63, 3.8) is 0 Å². The highest BCUT2D eigenvalue weighted by molar-refractivity contribution is 7.92. The number of sulfonamides is 1. The van der Waals surface area contributed by atoms with E-state index in [1.165, 1.54) is 19.2 Å². The molecule has 0 spiro atoms. The van der Waals surface area contributed by atoms with E-state index < -0.39 is 10.0 Å². The molecule has 0 saturated carbocycles. The molecule has 0 fully saturated rings. The Hall–Kier alpha value is -3.26. The van der Waals surface area contributed by atoms with Crippen molar-refractivity contribution in [3.8, 4) is 5.75 Å². The third-order valence-corrected chi connectivity index (χ3v) is 5.42. The molecule has 0 aliphatic rings. The summed E-state index contributed by atoms with van der Waals surface area (Å²) in [7, 11) is 1.78. The molecule has 3 aromatic rings. The Morgan fingerprint density at radius 3 is 2.07 bits per heavy atom. The quantitative estimate of drug-likeness (QED) is 0.631. The first-order valence-corrected chi connectivity index (χ1v) is 10.0. The maximum atomic E-state index is 12.5. The Balaban J connectivity index is 1.68. The number of nitrogens with one attached hydrogen (secondary N) is 2. The van der Waals surface area contributed by atoms with Crippen molar-refractivity contribution in [3.05, 3.63) is 66.9 Å². The van der Waals surface area contributed by atoms with Crippen molar-refractivity contribution in [1.82, 2.24) is 4.98 Å². The summed E-state index contributed by atoms with van der Waals surface area (Å²) in [5, 5.41) is 3.23. The summed E-state index contributed by atoms with van der Waals surface area (Å²) in [6, 6.07) is 17.5. The van der Waals surface area contributed by atoms with E-state index >= 15 is 0 Å². The van der Waals surface area contributed by atoms with Gasteiger partial charge in [0.2, 0.25) is 0 Å². The molecule has 1 aromatic heterocycles. The number of ether oxygens (including phenoxy) is 1. The predicted molar refractivity (Wildman–Crippen MR) is 112 cm³/mol. The first-order valence-electron chi connectivity index (χ1n) is 8.55. The van der Waals surface area contributed by atoms with Gasteiger partial charge in [-0.25, -0.2) is 13.4 Å². The first kappa shape index (κ1) is 19.5. The molecule has 2 aromatic carbocycles. The number of anilines is 4. The lowest BCUT2D eigenvalue weighted by Gasteiger charge is -2.13. The van der Waals surface area contributed by atoms with Crippen molar-refractivity contribution in [2.45, 2.75) is 4.90 Å². The molecule has 146 valence electrons. The number of hydrogen-bond donors (Lipinski definition) is 2. The van der Waals surface area contributed by atoms with Gasteiger partial charge >= 0.3 is 0 Å². The highest BCUT2D eigenvalue weighted by Crippen LogP contribution is 2.22. The summed E-state index contributed by atoms with van der Waals surface area (Å²) in [5.41, 5.74) is 2.77. The second kappa shape index (κ2) is 8.18. The van der Waals surface area contributed by atoms with Crippen molar-refractivity contribution in [1.29, 1.82) is 0 Å². The number of benzene rings is 2. The molecule has 3 rings (SSSR count). The van der Waals surface area contributed by atoms with Gasteiger partial charge in [0, 0.05) is 25.5 Å². The molecule has 0 bridgehead atoms. The number of pyridine rings is 1. The SMILES string of the molecule is COc1ccc(S(=O)(=O)Nc2ccc(Nc3ccc(N(C)C)cc3)cn2)cc1. The number of rotatable bonds is 7. The Kier molecular flexibility index (Phi) is 5.70. The molecule has 0 aliphatic carbocycles. The minimum Gasteiger partial charge on any atom is -0.497 e. The van der Waals surface area contributed by atoms with E-state index in [0.717, 1.165) is 17.1 Å². The number of aromatic nitrogens is 1. The standard InChI is InChI=1S/C20H22N4O3S/c1-24(2)17-7-4-15(5-8-17)22-16-6-13-20(21-14-16)23-28(25,26)19-11-9-18(27-3)10-12-19/h4-14,22H,1-3H3,(H,21,23). The maximum Gasteiger partial charge on any atom is 0.263 e. The molecule has 0 unspecified atom stereocenters. The van der Waals surface area contributed by atoms with Crippen LogP contribution in [-0.4, -0.2) is 34.6 Å². The van der Waals surface area contributed by atoms with Crippen molar-refractivity contribution in [2.24, 2.45) is 0 Å². The van der Waals surface area contributed by atoms with E-state index in [2.05, 4.69) is 15.0 Å². The summed E-state index contributed by atoms with van der Waals surface area (Å²) in [6.45, 7) is 0. The largest absolute Gasteiger partial charge is 0.497 e. The monoisotopic (exact) mass is 398 g/mol. The fourth-order valence-electron chi connectivity index (χ4n) is 2.49. The Morgan fingerprint density at radius 2 is 1.54 bits per heavy atom. The molecule has 8 heteroatoms. The van der Waals surface area contributed by atoms with Crippen LogP contribution < -0.4 is 19.7 Å². The van der Waals surface area contributed by atoms with Gasteiger partial charge in [-0.2, -0.15) is 0 Å². The molecule has 0 atom stereocenters. The zero-order valence-corrected chi connectivity index (χ0v) is 16.7. The highest BCUT2D eigenvalue weighted by atomic mass is 32.2. The third-order valence-electron chi connectivity index (χ3n) is 4.04. The van der Waals surface area contributed by atoms with Gasteiger partial charge in [-0.15, -0.1) is 0 Å². The molecule has 1 heterocycles. The van der Waals surface area contributed by atoms with Crippen LogP contribution in [0.1, 0.15) is 0 Å². The van der Waals surface area contributed by atoms with Gasteiger partial charge < -0.3 is 15.0 Å². The van der Waals surface area contributed by atoms with Gasteiger partial charge in [0.1, 0.15) is 11.6 Å². The lowest BCUT2D eigenvalue weighted by Crippen LogP contribution is -2.13. The van der Waals surface area contributed by atoms with Crippen molar-refractivity contribution in [2.75, 3.05) is 36.1 Å². The van der Waals surface area contributed by atoms with Crippen LogP contribution in [0.25, 0.3) is 0 Å². The topological polar surface area (TPSA) is 83.6 Å². The third kappa shape index (κ3) is 4.72. The van der Waals surface area contributed by atoms with Gasteiger partial charge in [-0.05, 0) is 60.7 Å². The second-order valence-corrected chi connectivity index (χ2v) is 7.96. The Labute approximate surface area is 165 Å². The first-order chi connectivity index (χ1) is 13.4. The lowest BCUT2D eigenvalue weighted by molar-refractivity contribution is 0.414. The lowest BCUT2D eigenvalue weighted by atomic mass is 10.2. The van der Waals surface area contributed by atoms with Gasteiger partial charge in [-0.1, -0.05) is 0 Å². The zero-order chi connectivity index (χ0) is 20.1. The summed E-state index contributed by atoms with van der Waals surface area (Å²) in [4.78, 5) is 6.34. The molecule has 0 aliphatic heterocycles. The summed E-state index contributed by atoms with van der Waals surface area (Å²) in [5.74, 6) is 0.829. The van der Waals surface area contributed by atoms with E-state index in [1.54, 1.807) is 30.5 Å². The summed E-state index contributed by atoms with van der Waals surface area (Å²) in [6.07, 6.45) is 1.58. The minimum atomic E-state index is -3.72. The van der Waals surface area contributed by atoms with E-state index in [-0.39, 0.29) is 10.7 Å². The number of hydrogen-bond acceptors (Lipinski definition) is 6. The molecule has 7 nitrogen and oxygen atoms in total. The normalized spacial score (nSPS) is 11.0. The highest BCUT2D eigenvalue weighted by Gasteiger charge is 2.14. The predicted octanol–water partition coefficient (Wildman–Crippen LogP) is 3.70. The molecular weight excluding hydrogens is 376 g/mol. The van der Waals surface area contributed by atoms with Crippen LogP contribution in [0.15, 0.2) is 71.8 Å². The maximum absolute atomic E-state index is 12.5. The van der Waals surface area contributed by atoms with Crippen LogP contribution in [0, 0.1) is 0 Å². The van der Waals surface area contributed by atoms with Crippen LogP contribution in [0.2, 0.25) is 0 Å².